The smallest absolute Gasteiger partial charge is 0.327 e. The highest BCUT2D eigenvalue weighted by Gasteiger charge is 2.52. The Morgan fingerprint density at radius 2 is 1.46 bits per heavy atom. The number of hydrogen-bond acceptors (Lipinski definition) is 6. The second kappa shape index (κ2) is 8.39. The van der Waals surface area contributed by atoms with Crippen molar-refractivity contribution < 1.29 is 37.8 Å². The summed E-state index contributed by atoms with van der Waals surface area (Å²) in [6.45, 7) is 0. The Morgan fingerprint density at radius 1 is 0.929 bits per heavy atom. The fourth-order valence-electron chi connectivity index (χ4n) is 3.07. The van der Waals surface area contributed by atoms with E-state index in [2.05, 4.69) is 4.74 Å². The van der Waals surface area contributed by atoms with Crippen LogP contribution in [-0.4, -0.2) is 48.4 Å². The number of carbonyl (C=O) groups is 3. The number of rotatable bonds is 9. The molecule has 0 spiro atoms. The lowest BCUT2D eigenvalue weighted by atomic mass is 9.96. The van der Waals surface area contributed by atoms with E-state index in [1.54, 1.807) is 30.3 Å². The summed E-state index contributed by atoms with van der Waals surface area (Å²) in [6.07, 6.45) is -2.47. The second-order valence-corrected chi connectivity index (χ2v) is 8.55. The number of esters is 1. The Balaban J connectivity index is 2.66. The van der Waals surface area contributed by atoms with Gasteiger partial charge in [-0.05, 0) is 35.7 Å². The SMILES string of the molecule is COC(=O)C(CCC(=O)O)(CCC(=O)O)S(=O)(=O)c1ccc2ccccc2c1. The summed E-state index contributed by atoms with van der Waals surface area (Å²) in [6, 6.07) is 11.3. The first-order valence-electron chi connectivity index (χ1n) is 8.39. The molecule has 0 saturated heterocycles. The number of carboxylic acid groups (broad SMARTS) is 2. The lowest BCUT2D eigenvalue weighted by molar-refractivity contribution is -0.145. The first kappa shape index (κ1) is 21.4. The van der Waals surface area contributed by atoms with Crippen molar-refractivity contribution in [2.24, 2.45) is 0 Å². The van der Waals surface area contributed by atoms with Crippen LogP contribution in [0.5, 0.6) is 0 Å². The zero-order chi connectivity index (χ0) is 20.9. The first-order valence-corrected chi connectivity index (χ1v) is 9.88. The Hall–Kier alpha value is -2.94. The van der Waals surface area contributed by atoms with Gasteiger partial charge >= 0.3 is 17.9 Å². The number of fused-ring (bicyclic) bond motifs is 1. The normalized spacial score (nSPS) is 11.9. The second-order valence-electron chi connectivity index (χ2n) is 6.29. The number of benzene rings is 2. The maximum absolute atomic E-state index is 13.4. The highest BCUT2D eigenvalue weighted by atomic mass is 32.2. The molecule has 0 atom stereocenters. The van der Waals surface area contributed by atoms with E-state index in [9.17, 15) is 22.8 Å². The Bertz CT molecular complexity index is 992. The van der Waals surface area contributed by atoms with Crippen LogP contribution >= 0.6 is 0 Å². The van der Waals surface area contributed by atoms with E-state index >= 15 is 0 Å². The lowest BCUT2D eigenvalue weighted by Gasteiger charge is -2.30. The predicted molar refractivity (Wildman–Crippen MR) is 99.6 cm³/mol. The van der Waals surface area contributed by atoms with E-state index in [4.69, 9.17) is 10.2 Å². The van der Waals surface area contributed by atoms with Gasteiger partial charge in [-0.3, -0.25) is 14.4 Å². The number of aliphatic carboxylic acids is 2. The summed E-state index contributed by atoms with van der Waals surface area (Å²) in [5, 5.41) is 19.4. The van der Waals surface area contributed by atoms with E-state index in [0.717, 1.165) is 12.5 Å². The van der Waals surface area contributed by atoms with Gasteiger partial charge in [0.15, 0.2) is 14.6 Å². The van der Waals surface area contributed by atoms with Crippen molar-refractivity contribution in [3.05, 3.63) is 42.5 Å². The van der Waals surface area contributed by atoms with Crippen LogP contribution in [0.15, 0.2) is 47.4 Å². The monoisotopic (exact) mass is 408 g/mol. The van der Waals surface area contributed by atoms with Crippen molar-refractivity contribution in [2.75, 3.05) is 7.11 Å². The van der Waals surface area contributed by atoms with Gasteiger partial charge in [-0.15, -0.1) is 0 Å². The largest absolute Gasteiger partial charge is 0.481 e. The molecule has 0 aliphatic rings. The average molecular weight is 408 g/mol. The predicted octanol–water partition coefficient (Wildman–Crippen LogP) is 2.25. The molecule has 9 heteroatoms. The molecule has 2 N–H and O–H groups in total. The molecule has 28 heavy (non-hydrogen) atoms. The quantitative estimate of drug-likeness (QED) is 0.603. The van der Waals surface area contributed by atoms with Gasteiger partial charge in [-0.1, -0.05) is 30.3 Å². The molecule has 0 unspecified atom stereocenters. The van der Waals surface area contributed by atoms with Gasteiger partial charge in [-0.25, -0.2) is 8.42 Å². The van der Waals surface area contributed by atoms with Crippen LogP contribution in [0.2, 0.25) is 0 Å². The van der Waals surface area contributed by atoms with E-state index < -0.39 is 58.2 Å². The summed E-state index contributed by atoms with van der Waals surface area (Å²) in [4.78, 5) is 34.5. The van der Waals surface area contributed by atoms with Gasteiger partial charge < -0.3 is 14.9 Å². The van der Waals surface area contributed by atoms with Crippen molar-refractivity contribution in [1.29, 1.82) is 0 Å². The molecule has 0 aliphatic heterocycles. The number of hydrogen-bond donors (Lipinski definition) is 2. The molecule has 0 amide bonds. The third-order valence-corrected chi connectivity index (χ3v) is 7.07. The molecule has 0 aliphatic carbocycles. The molecule has 2 rings (SSSR count). The van der Waals surface area contributed by atoms with Gasteiger partial charge in [0.1, 0.15) is 0 Å². The molecular formula is C19H20O8S. The van der Waals surface area contributed by atoms with Gasteiger partial charge in [0, 0.05) is 12.8 Å². The van der Waals surface area contributed by atoms with Gasteiger partial charge in [0.2, 0.25) is 0 Å². The fourth-order valence-corrected chi connectivity index (χ4v) is 5.10. The number of carboxylic acids is 2. The molecule has 0 fully saturated rings. The minimum atomic E-state index is -4.46. The van der Waals surface area contributed by atoms with Gasteiger partial charge in [0.05, 0.1) is 12.0 Å². The zero-order valence-electron chi connectivity index (χ0n) is 15.1. The van der Waals surface area contributed by atoms with Crippen molar-refractivity contribution in [3.63, 3.8) is 0 Å². The molecule has 0 radical (unpaired) electrons. The topological polar surface area (TPSA) is 135 Å². The highest BCUT2D eigenvalue weighted by Crippen LogP contribution is 2.37. The first-order chi connectivity index (χ1) is 13.1. The van der Waals surface area contributed by atoms with Crippen LogP contribution < -0.4 is 0 Å². The molecule has 8 nitrogen and oxygen atoms in total. The third kappa shape index (κ3) is 4.14. The summed E-state index contributed by atoms with van der Waals surface area (Å²) in [5.74, 6) is -3.79. The average Bonchev–Trinajstić information content (AvgIpc) is 2.66. The minimum Gasteiger partial charge on any atom is -0.481 e. The van der Waals surface area contributed by atoms with Crippen molar-refractivity contribution in [1.82, 2.24) is 0 Å². The van der Waals surface area contributed by atoms with Crippen LogP contribution in [0.25, 0.3) is 10.8 Å². The molecule has 0 saturated carbocycles. The van der Waals surface area contributed by atoms with E-state index in [0.29, 0.717) is 5.39 Å². The number of methoxy groups -OCH3 is 1. The summed E-state index contributed by atoms with van der Waals surface area (Å²) in [5.41, 5.74) is 0. The molecule has 2 aromatic carbocycles. The Morgan fingerprint density at radius 3 is 1.96 bits per heavy atom. The van der Waals surface area contributed by atoms with E-state index in [1.165, 1.54) is 12.1 Å². The zero-order valence-corrected chi connectivity index (χ0v) is 15.9. The van der Waals surface area contributed by atoms with Crippen molar-refractivity contribution >= 4 is 38.5 Å². The summed E-state index contributed by atoms with van der Waals surface area (Å²) < 4.78 is 29.2. The summed E-state index contributed by atoms with van der Waals surface area (Å²) >= 11 is 0. The standard InChI is InChI=1S/C19H20O8S/c1-27-18(24)19(10-8-16(20)21,11-9-17(22)23)28(25,26)15-7-6-13-4-2-3-5-14(13)12-15/h2-7,12H,8-11H2,1H3,(H,20,21)(H,22,23). The van der Waals surface area contributed by atoms with Crippen molar-refractivity contribution in [2.45, 2.75) is 35.3 Å². The highest BCUT2D eigenvalue weighted by molar-refractivity contribution is 7.93. The molecule has 0 aromatic heterocycles. The van der Waals surface area contributed by atoms with Gasteiger partial charge in [0.25, 0.3) is 0 Å². The van der Waals surface area contributed by atoms with E-state index in [1.807, 2.05) is 0 Å². The maximum Gasteiger partial charge on any atom is 0.327 e. The number of ether oxygens (including phenoxy) is 1. The lowest BCUT2D eigenvalue weighted by Crippen LogP contribution is -2.48. The Labute approximate surface area is 161 Å². The molecule has 0 heterocycles. The van der Waals surface area contributed by atoms with Crippen LogP contribution in [0, 0.1) is 0 Å². The van der Waals surface area contributed by atoms with Crippen LogP contribution in [0.4, 0.5) is 0 Å². The van der Waals surface area contributed by atoms with Crippen LogP contribution in [-0.2, 0) is 29.0 Å². The van der Waals surface area contributed by atoms with Gasteiger partial charge in [-0.2, -0.15) is 0 Å². The molecular weight excluding hydrogens is 388 g/mol. The molecule has 2 aromatic rings. The molecule has 0 bridgehead atoms. The van der Waals surface area contributed by atoms with Crippen LogP contribution in [0.3, 0.4) is 0 Å². The number of sulfone groups is 1. The van der Waals surface area contributed by atoms with Crippen molar-refractivity contribution in [3.8, 4) is 0 Å². The molecule has 150 valence electrons. The third-order valence-electron chi connectivity index (χ3n) is 4.59. The fraction of sp³-hybridized carbons (Fsp3) is 0.316. The minimum absolute atomic E-state index is 0.202. The van der Waals surface area contributed by atoms with E-state index in [-0.39, 0.29) is 4.90 Å². The number of carbonyl (C=O) groups excluding carboxylic acids is 1. The van der Waals surface area contributed by atoms with Crippen LogP contribution in [0.1, 0.15) is 25.7 Å². The maximum atomic E-state index is 13.4. The summed E-state index contributed by atoms with van der Waals surface area (Å²) in [7, 11) is -3.48. The Kier molecular flexibility index (Phi) is 6.40.